The lowest BCUT2D eigenvalue weighted by atomic mass is 10.2. The second-order valence-electron chi connectivity index (χ2n) is 3.40. The highest BCUT2D eigenvalue weighted by atomic mass is 35.5. The minimum Gasteiger partial charge on any atom is -0.394 e. The number of nitrogens with zero attached hydrogens (tertiary/aromatic N) is 2. The Kier molecular flexibility index (Phi) is 2.92. The van der Waals surface area contributed by atoms with Crippen molar-refractivity contribution in [2.24, 2.45) is 0 Å². The van der Waals surface area contributed by atoms with E-state index in [-0.39, 0.29) is 11.1 Å². The van der Waals surface area contributed by atoms with E-state index in [0.29, 0.717) is 11.6 Å². The van der Waals surface area contributed by atoms with Gasteiger partial charge in [0.15, 0.2) is 0 Å². The Hall–Kier alpha value is -1.81. The Morgan fingerprint density at radius 3 is 2.94 bits per heavy atom. The number of nitrogens with two attached hydrogens (primary N) is 1. The average molecular weight is 236 g/mol. The molecular weight excluding hydrogens is 226 g/mol. The van der Waals surface area contributed by atoms with E-state index >= 15 is 0 Å². The Morgan fingerprint density at radius 1 is 1.44 bits per heavy atom. The van der Waals surface area contributed by atoms with E-state index in [4.69, 9.17) is 17.3 Å². The number of rotatable bonds is 2. The highest BCUT2D eigenvalue weighted by Gasteiger charge is 2.01. The molecule has 2 aromatic heterocycles. The van der Waals surface area contributed by atoms with Crippen molar-refractivity contribution in [1.82, 2.24) is 9.55 Å². The molecule has 0 radical (unpaired) electrons. The Morgan fingerprint density at radius 2 is 2.25 bits per heavy atom. The van der Waals surface area contributed by atoms with Crippen LogP contribution in [0.25, 0.3) is 0 Å². The van der Waals surface area contributed by atoms with Gasteiger partial charge in [0.05, 0.1) is 10.7 Å². The molecule has 0 aliphatic rings. The van der Waals surface area contributed by atoms with Crippen LogP contribution in [0, 0.1) is 0 Å². The number of nitrogen functional groups attached to an aromatic ring is 1. The van der Waals surface area contributed by atoms with Crippen LogP contribution >= 0.6 is 11.6 Å². The standard InChI is InChI=1S/C11H10ClN3O/c12-9-5-14-3-1-8(9)6-15-4-2-11(16)10(13)7-15/h1-5,7H,6,13H2. The third kappa shape index (κ3) is 2.23. The molecule has 16 heavy (non-hydrogen) atoms. The van der Waals surface area contributed by atoms with Crippen LogP contribution in [0.5, 0.6) is 0 Å². The SMILES string of the molecule is Nc1cn(Cc2ccncc2Cl)ccc1=O. The van der Waals surface area contributed by atoms with Crippen LogP contribution in [0.2, 0.25) is 5.02 Å². The molecule has 0 unspecified atom stereocenters. The highest BCUT2D eigenvalue weighted by Crippen LogP contribution is 2.14. The molecule has 0 aliphatic heterocycles. The third-order valence-electron chi connectivity index (χ3n) is 2.22. The molecule has 0 fully saturated rings. The van der Waals surface area contributed by atoms with E-state index in [1.54, 1.807) is 29.4 Å². The van der Waals surface area contributed by atoms with Crippen molar-refractivity contribution >= 4 is 17.3 Å². The molecule has 0 atom stereocenters. The second kappa shape index (κ2) is 4.37. The Labute approximate surface area is 97.3 Å². The van der Waals surface area contributed by atoms with Crippen molar-refractivity contribution in [2.45, 2.75) is 6.54 Å². The zero-order valence-electron chi connectivity index (χ0n) is 8.43. The first-order chi connectivity index (χ1) is 7.66. The summed E-state index contributed by atoms with van der Waals surface area (Å²) in [7, 11) is 0. The third-order valence-corrected chi connectivity index (χ3v) is 2.56. The first-order valence-corrected chi connectivity index (χ1v) is 5.08. The topological polar surface area (TPSA) is 60.9 Å². The zero-order chi connectivity index (χ0) is 11.5. The fourth-order valence-corrected chi connectivity index (χ4v) is 1.55. The normalized spacial score (nSPS) is 10.3. The van der Waals surface area contributed by atoms with Gasteiger partial charge < -0.3 is 10.3 Å². The quantitative estimate of drug-likeness (QED) is 0.859. The van der Waals surface area contributed by atoms with Gasteiger partial charge in [-0.05, 0) is 11.6 Å². The Balaban J connectivity index is 2.31. The predicted molar refractivity (Wildman–Crippen MR) is 63.5 cm³/mol. The van der Waals surface area contributed by atoms with E-state index in [1.807, 2.05) is 6.07 Å². The van der Waals surface area contributed by atoms with E-state index < -0.39 is 0 Å². The number of halogens is 1. The van der Waals surface area contributed by atoms with Crippen molar-refractivity contribution in [3.63, 3.8) is 0 Å². The van der Waals surface area contributed by atoms with Crippen molar-refractivity contribution in [1.29, 1.82) is 0 Å². The summed E-state index contributed by atoms with van der Waals surface area (Å²) in [6.45, 7) is 0.561. The average Bonchev–Trinajstić information content (AvgIpc) is 2.27. The van der Waals surface area contributed by atoms with Crippen molar-refractivity contribution in [3.8, 4) is 0 Å². The maximum atomic E-state index is 11.1. The molecule has 0 spiro atoms. The molecule has 82 valence electrons. The van der Waals surface area contributed by atoms with Crippen LogP contribution in [-0.2, 0) is 6.54 Å². The van der Waals surface area contributed by atoms with Crippen molar-refractivity contribution in [2.75, 3.05) is 5.73 Å². The highest BCUT2D eigenvalue weighted by molar-refractivity contribution is 6.31. The van der Waals surface area contributed by atoms with Gasteiger partial charge in [0, 0.05) is 37.4 Å². The first-order valence-electron chi connectivity index (χ1n) is 4.71. The molecule has 0 aliphatic carbocycles. The predicted octanol–water partition coefficient (Wildman–Crippen LogP) is 1.53. The van der Waals surface area contributed by atoms with Gasteiger partial charge in [-0.25, -0.2) is 0 Å². The van der Waals surface area contributed by atoms with Crippen LogP contribution in [0.1, 0.15) is 5.56 Å². The van der Waals surface area contributed by atoms with Crippen LogP contribution in [0.4, 0.5) is 5.69 Å². The second-order valence-corrected chi connectivity index (χ2v) is 3.81. The molecule has 5 heteroatoms. The minimum atomic E-state index is -0.169. The van der Waals surface area contributed by atoms with E-state index in [2.05, 4.69) is 4.98 Å². The monoisotopic (exact) mass is 235 g/mol. The van der Waals surface area contributed by atoms with Gasteiger partial charge in [-0.3, -0.25) is 9.78 Å². The maximum absolute atomic E-state index is 11.1. The Bertz CT molecular complexity index is 565. The van der Waals surface area contributed by atoms with Crippen LogP contribution in [-0.4, -0.2) is 9.55 Å². The molecule has 0 amide bonds. The van der Waals surface area contributed by atoms with Gasteiger partial charge in [0.1, 0.15) is 0 Å². The summed E-state index contributed by atoms with van der Waals surface area (Å²) in [4.78, 5) is 15.0. The number of aromatic nitrogens is 2. The number of anilines is 1. The molecule has 2 heterocycles. The van der Waals surface area contributed by atoms with Gasteiger partial charge in [-0.1, -0.05) is 11.6 Å². The number of pyridine rings is 2. The summed E-state index contributed by atoms with van der Waals surface area (Å²) in [5.74, 6) is 0. The van der Waals surface area contributed by atoms with Gasteiger partial charge in [-0.2, -0.15) is 0 Å². The van der Waals surface area contributed by atoms with Crippen LogP contribution in [0.15, 0.2) is 41.7 Å². The molecule has 2 N–H and O–H groups in total. The van der Waals surface area contributed by atoms with Crippen molar-refractivity contribution in [3.05, 3.63) is 57.7 Å². The van der Waals surface area contributed by atoms with Crippen LogP contribution in [0.3, 0.4) is 0 Å². The minimum absolute atomic E-state index is 0.169. The van der Waals surface area contributed by atoms with Gasteiger partial charge in [-0.15, -0.1) is 0 Å². The molecular formula is C11H10ClN3O. The zero-order valence-corrected chi connectivity index (χ0v) is 9.19. The largest absolute Gasteiger partial charge is 0.394 e. The summed E-state index contributed by atoms with van der Waals surface area (Å²) in [6.07, 6.45) is 6.53. The molecule has 2 rings (SSSR count). The molecule has 0 saturated carbocycles. The summed E-state index contributed by atoms with van der Waals surface area (Å²) >= 11 is 5.98. The molecule has 0 saturated heterocycles. The maximum Gasteiger partial charge on any atom is 0.204 e. The lowest BCUT2D eigenvalue weighted by Gasteiger charge is -2.08. The molecule has 0 aromatic carbocycles. The fourth-order valence-electron chi connectivity index (χ4n) is 1.37. The van der Waals surface area contributed by atoms with Gasteiger partial charge in [0.25, 0.3) is 0 Å². The summed E-state index contributed by atoms with van der Waals surface area (Å²) in [5, 5.41) is 0.597. The van der Waals surface area contributed by atoms with E-state index in [1.165, 1.54) is 6.07 Å². The lowest BCUT2D eigenvalue weighted by Crippen LogP contribution is -2.11. The smallest absolute Gasteiger partial charge is 0.204 e. The summed E-state index contributed by atoms with van der Waals surface area (Å²) in [6, 6.07) is 3.26. The fraction of sp³-hybridized carbons (Fsp3) is 0.0909. The lowest BCUT2D eigenvalue weighted by molar-refractivity contribution is 0.789. The molecule has 2 aromatic rings. The molecule has 4 nitrogen and oxygen atoms in total. The first kappa shape index (κ1) is 10.7. The van der Waals surface area contributed by atoms with Crippen LogP contribution < -0.4 is 11.2 Å². The number of hydrogen-bond donors (Lipinski definition) is 1. The van der Waals surface area contributed by atoms with E-state index in [0.717, 1.165) is 5.56 Å². The summed E-state index contributed by atoms with van der Waals surface area (Å²) in [5.41, 5.74) is 6.52. The summed E-state index contributed by atoms with van der Waals surface area (Å²) < 4.78 is 1.80. The van der Waals surface area contributed by atoms with E-state index in [9.17, 15) is 4.79 Å². The number of hydrogen-bond acceptors (Lipinski definition) is 3. The van der Waals surface area contributed by atoms with Crippen molar-refractivity contribution < 1.29 is 0 Å². The molecule has 0 bridgehead atoms. The van der Waals surface area contributed by atoms with Gasteiger partial charge in [0.2, 0.25) is 5.43 Å². The van der Waals surface area contributed by atoms with Gasteiger partial charge >= 0.3 is 0 Å².